The van der Waals surface area contributed by atoms with Crippen LogP contribution in [0.2, 0.25) is 0 Å². The number of esters is 1. The fourth-order valence-electron chi connectivity index (χ4n) is 2.92. The number of benzene rings is 2. The maximum atomic E-state index is 13.3. The van der Waals surface area contributed by atoms with Crippen molar-refractivity contribution in [1.82, 2.24) is 5.32 Å². The standard InChI is InChI=1S/C21H24N2O4/c1-21(15-9-5-3-6-10-15,16-11-7-4-8-12-16)20(26)23-17(19(22)25)13-14-18(24)27-2/h3-12,17H,13-14H2,1-2H3,(H2,22,25)(H,23,26)/t17-/m0/s1. The van der Waals surface area contributed by atoms with E-state index in [0.717, 1.165) is 11.1 Å². The second-order valence-electron chi connectivity index (χ2n) is 6.40. The lowest BCUT2D eigenvalue weighted by Gasteiger charge is -2.31. The van der Waals surface area contributed by atoms with Gasteiger partial charge in [-0.2, -0.15) is 0 Å². The summed E-state index contributed by atoms with van der Waals surface area (Å²) in [5.41, 5.74) is 5.97. The molecule has 0 saturated carbocycles. The topological polar surface area (TPSA) is 98.5 Å². The van der Waals surface area contributed by atoms with Gasteiger partial charge >= 0.3 is 5.97 Å². The normalized spacial score (nSPS) is 12.1. The molecule has 0 unspecified atom stereocenters. The molecule has 0 aliphatic rings. The summed E-state index contributed by atoms with van der Waals surface area (Å²) < 4.78 is 4.59. The molecule has 142 valence electrons. The van der Waals surface area contributed by atoms with Crippen molar-refractivity contribution in [1.29, 1.82) is 0 Å². The lowest BCUT2D eigenvalue weighted by atomic mass is 9.75. The molecule has 3 N–H and O–H groups in total. The van der Waals surface area contributed by atoms with Gasteiger partial charge < -0.3 is 15.8 Å². The molecule has 1 atom stereocenters. The molecule has 0 radical (unpaired) electrons. The largest absolute Gasteiger partial charge is 0.469 e. The Balaban J connectivity index is 2.34. The van der Waals surface area contributed by atoms with E-state index in [2.05, 4.69) is 10.1 Å². The lowest BCUT2D eigenvalue weighted by molar-refractivity contribution is -0.141. The Bertz CT molecular complexity index is 751. The van der Waals surface area contributed by atoms with Crippen LogP contribution in [0.4, 0.5) is 0 Å². The molecular formula is C21H24N2O4. The van der Waals surface area contributed by atoms with Crippen molar-refractivity contribution in [2.24, 2.45) is 5.73 Å². The van der Waals surface area contributed by atoms with Gasteiger partial charge in [-0.05, 0) is 24.5 Å². The maximum absolute atomic E-state index is 13.3. The molecule has 6 heteroatoms. The molecule has 2 amide bonds. The summed E-state index contributed by atoms with van der Waals surface area (Å²) in [5.74, 6) is -1.53. The molecule has 0 spiro atoms. The van der Waals surface area contributed by atoms with Crippen LogP contribution in [0.15, 0.2) is 60.7 Å². The SMILES string of the molecule is COC(=O)CC[C@H](NC(=O)C(C)(c1ccccc1)c1ccccc1)C(N)=O. The van der Waals surface area contributed by atoms with Crippen LogP contribution in [-0.4, -0.2) is 30.9 Å². The van der Waals surface area contributed by atoms with Crippen molar-refractivity contribution in [3.05, 3.63) is 71.8 Å². The molecule has 2 aromatic carbocycles. The Kier molecular flexibility index (Phi) is 6.71. The van der Waals surface area contributed by atoms with Gasteiger partial charge in [0.15, 0.2) is 0 Å². The van der Waals surface area contributed by atoms with E-state index in [1.54, 1.807) is 6.92 Å². The van der Waals surface area contributed by atoms with Crippen LogP contribution in [0, 0.1) is 0 Å². The van der Waals surface area contributed by atoms with E-state index < -0.39 is 23.3 Å². The number of carbonyl (C=O) groups excluding carboxylic acids is 3. The molecule has 0 bridgehead atoms. The van der Waals surface area contributed by atoms with Crippen molar-refractivity contribution in [3.8, 4) is 0 Å². The highest BCUT2D eigenvalue weighted by Crippen LogP contribution is 2.32. The van der Waals surface area contributed by atoms with Gasteiger partial charge in [0.05, 0.1) is 12.5 Å². The third-order valence-electron chi connectivity index (χ3n) is 4.67. The van der Waals surface area contributed by atoms with Crippen molar-refractivity contribution >= 4 is 17.8 Å². The molecule has 0 heterocycles. The smallest absolute Gasteiger partial charge is 0.305 e. The zero-order valence-electron chi connectivity index (χ0n) is 15.5. The van der Waals surface area contributed by atoms with E-state index in [1.807, 2.05) is 60.7 Å². The van der Waals surface area contributed by atoms with Crippen LogP contribution in [-0.2, 0) is 24.5 Å². The second kappa shape index (κ2) is 8.98. The van der Waals surface area contributed by atoms with Gasteiger partial charge in [0.1, 0.15) is 6.04 Å². The van der Waals surface area contributed by atoms with Gasteiger partial charge in [-0.15, -0.1) is 0 Å². The predicted molar refractivity (Wildman–Crippen MR) is 102 cm³/mol. The maximum Gasteiger partial charge on any atom is 0.305 e. The summed E-state index contributed by atoms with van der Waals surface area (Å²) >= 11 is 0. The van der Waals surface area contributed by atoms with Crippen LogP contribution >= 0.6 is 0 Å². The number of nitrogens with two attached hydrogens (primary N) is 1. The minimum atomic E-state index is -1.03. The third kappa shape index (κ3) is 4.73. The summed E-state index contributed by atoms with van der Waals surface area (Å²) in [5, 5.41) is 2.71. The van der Waals surface area contributed by atoms with Crippen LogP contribution in [0.5, 0.6) is 0 Å². The number of amides is 2. The molecule has 0 fully saturated rings. The van der Waals surface area contributed by atoms with Gasteiger partial charge in [0.2, 0.25) is 11.8 Å². The fourth-order valence-corrected chi connectivity index (χ4v) is 2.92. The second-order valence-corrected chi connectivity index (χ2v) is 6.40. The molecule has 27 heavy (non-hydrogen) atoms. The van der Waals surface area contributed by atoms with Gasteiger partial charge in [0, 0.05) is 6.42 Å². The highest BCUT2D eigenvalue weighted by molar-refractivity contribution is 5.95. The zero-order valence-corrected chi connectivity index (χ0v) is 15.5. The summed E-state index contributed by atoms with van der Waals surface area (Å²) in [7, 11) is 1.27. The predicted octanol–water partition coefficient (Wildman–Crippen LogP) is 1.92. The minimum Gasteiger partial charge on any atom is -0.469 e. The highest BCUT2D eigenvalue weighted by atomic mass is 16.5. The Labute approximate surface area is 158 Å². The Morgan fingerprint density at radius 1 is 1.00 bits per heavy atom. The minimum absolute atomic E-state index is 0.0161. The first-order valence-electron chi connectivity index (χ1n) is 8.67. The summed E-state index contributed by atoms with van der Waals surface area (Å²) in [6, 6.07) is 17.6. The van der Waals surface area contributed by atoms with Gasteiger partial charge in [-0.1, -0.05) is 60.7 Å². The number of ether oxygens (including phenoxy) is 1. The van der Waals surface area contributed by atoms with Crippen LogP contribution in [0.3, 0.4) is 0 Å². The first-order valence-corrected chi connectivity index (χ1v) is 8.67. The van der Waals surface area contributed by atoms with Crippen molar-refractivity contribution in [3.63, 3.8) is 0 Å². The summed E-state index contributed by atoms with van der Waals surface area (Å²) in [4.78, 5) is 36.4. The number of nitrogens with one attached hydrogen (secondary N) is 1. The quantitative estimate of drug-likeness (QED) is 0.696. The Morgan fingerprint density at radius 2 is 1.48 bits per heavy atom. The van der Waals surface area contributed by atoms with Gasteiger partial charge in [-0.25, -0.2) is 0 Å². The Hall–Kier alpha value is -3.15. The molecule has 0 aliphatic heterocycles. The van der Waals surface area contributed by atoms with Gasteiger partial charge in [0.25, 0.3) is 0 Å². The zero-order chi connectivity index (χ0) is 19.9. The Morgan fingerprint density at radius 3 is 1.89 bits per heavy atom. The van der Waals surface area contributed by atoms with Crippen molar-refractivity contribution < 1.29 is 19.1 Å². The molecule has 0 aliphatic carbocycles. The molecule has 0 aromatic heterocycles. The lowest BCUT2D eigenvalue weighted by Crippen LogP contribution is -2.51. The van der Waals surface area contributed by atoms with Crippen molar-refractivity contribution in [2.75, 3.05) is 7.11 Å². The molecule has 2 rings (SSSR count). The number of methoxy groups -OCH3 is 1. The molecular weight excluding hydrogens is 344 g/mol. The van der Waals surface area contributed by atoms with Gasteiger partial charge in [-0.3, -0.25) is 14.4 Å². The first-order chi connectivity index (χ1) is 12.9. The van der Waals surface area contributed by atoms with Crippen molar-refractivity contribution in [2.45, 2.75) is 31.2 Å². The van der Waals surface area contributed by atoms with E-state index in [4.69, 9.17) is 5.73 Å². The number of carbonyl (C=O) groups is 3. The average molecular weight is 368 g/mol. The van der Waals surface area contributed by atoms with E-state index in [9.17, 15) is 14.4 Å². The van der Waals surface area contributed by atoms with Crippen LogP contribution in [0.25, 0.3) is 0 Å². The molecule has 2 aromatic rings. The van der Waals surface area contributed by atoms with E-state index in [-0.39, 0.29) is 18.7 Å². The summed E-state index contributed by atoms with van der Waals surface area (Å²) in [6.07, 6.45) is 0.0607. The van der Waals surface area contributed by atoms with E-state index >= 15 is 0 Å². The molecule has 0 saturated heterocycles. The van der Waals surface area contributed by atoms with Crippen LogP contribution < -0.4 is 11.1 Å². The fraction of sp³-hybridized carbons (Fsp3) is 0.286. The highest BCUT2D eigenvalue weighted by Gasteiger charge is 2.38. The number of hydrogen-bond donors (Lipinski definition) is 2. The van der Waals surface area contributed by atoms with Crippen LogP contribution in [0.1, 0.15) is 30.9 Å². The van der Waals surface area contributed by atoms with E-state index in [0.29, 0.717) is 0 Å². The van der Waals surface area contributed by atoms with E-state index in [1.165, 1.54) is 7.11 Å². The monoisotopic (exact) mass is 368 g/mol. The number of hydrogen-bond acceptors (Lipinski definition) is 4. The summed E-state index contributed by atoms with van der Waals surface area (Å²) in [6.45, 7) is 1.80. The number of primary amides is 1. The number of rotatable bonds is 8. The molecule has 6 nitrogen and oxygen atoms in total. The first kappa shape index (κ1) is 20.2. The average Bonchev–Trinajstić information content (AvgIpc) is 2.70. The third-order valence-corrected chi connectivity index (χ3v) is 4.67.